The standard InChI is InChI=1S/C11H19NO3/c1-8(2)10(14)6-12(7-10)9(13)11(15-3)4-5-11/h8,14H,4-7H2,1-3H3. The predicted molar refractivity (Wildman–Crippen MR) is 55.3 cm³/mol. The second kappa shape index (κ2) is 3.19. The van der Waals surface area contributed by atoms with Crippen molar-refractivity contribution in [2.24, 2.45) is 5.92 Å². The van der Waals surface area contributed by atoms with Crippen molar-refractivity contribution in [1.29, 1.82) is 0 Å². The van der Waals surface area contributed by atoms with Crippen LogP contribution in [-0.4, -0.2) is 47.3 Å². The van der Waals surface area contributed by atoms with Crippen LogP contribution in [0.5, 0.6) is 0 Å². The Bertz CT molecular complexity index is 278. The van der Waals surface area contributed by atoms with Crippen LogP contribution in [0.4, 0.5) is 0 Å². The first kappa shape index (κ1) is 10.9. The van der Waals surface area contributed by atoms with Gasteiger partial charge in [-0.15, -0.1) is 0 Å². The zero-order chi connectivity index (χ0) is 11.3. The molecule has 0 bridgehead atoms. The second-order valence-corrected chi connectivity index (χ2v) is 5.12. The Labute approximate surface area is 90.2 Å². The number of likely N-dealkylation sites (tertiary alicyclic amines) is 1. The number of ether oxygens (including phenoxy) is 1. The van der Waals surface area contributed by atoms with Gasteiger partial charge in [-0.1, -0.05) is 13.8 Å². The molecule has 1 N–H and O–H groups in total. The molecule has 0 aromatic carbocycles. The van der Waals surface area contributed by atoms with Gasteiger partial charge in [0.05, 0.1) is 13.1 Å². The van der Waals surface area contributed by atoms with Gasteiger partial charge < -0.3 is 14.7 Å². The molecular formula is C11H19NO3. The van der Waals surface area contributed by atoms with E-state index in [2.05, 4.69) is 0 Å². The number of carbonyl (C=O) groups excluding carboxylic acids is 1. The van der Waals surface area contributed by atoms with Crippen LogP contribution in [0.1, 0.15) is 26.7 Å². The third-order valence-electron chi connectivity index (χ3n) is 3.78. The number of carbonyl (C=O) groups is 1. The van der Waals surface area contributed by atoms with E-state index >= 15 is 0 Å². The molecule has 0 unspecified atom stereocenters. The first-order valence-corrected chi connectivity index (χ1v) is 5.50. The highest BCUT2D eigenvalue weighted by atomic mass is 16.5. The summed E-state index contributed by atoms with van der Waals surface area (Å²) in [5.41, 5.74) is -1.22. The van der Waals surface area contributed by atoms with Gasteiger partial charge >= 0.3 is 0 Å². The van der Waals surface area contributed by atoms with E-state index in [0.717, 1.165) is 12.8 Å². The molecule has 2 aliphatic rings. The molecule has 0 aromatic rings. The first-order chi connectivity index (χ1) is 6.93. The number of aliphatic hydroxyl groups is 1. The first-order valence-electron chi connectivity index (χ1n) is 5.50. The van der Waals surface area contributed by atoms with E-state index in [4.69, 9.17) is 4.74 Å². The van der Waals surface area contributed by atoms with Crippen LogP contribution in [-0.2, 0) is 9.53 Å². The van der Waals surface area contributed by atoms with Crippen molar-refractivity contribution in [2.75, 3.05) is 20.2 Å². The lowest BCUT2D eigenvalue weighted by Gasteiger charge is -2.49. The maximum Gasteiger partial charge on any atom is 0.255 e. The van der Waals surface area contributed by atoms with Gasteiger partial charge in [-0.05, 0) is 18.8 Å². The summed E-state index contributed by atoms with van der Waals surface area (Å²) >= 11 is 0. The van der Waals surface area contributed by atoms with Crippen LogP contribution in [0.15, 0.2) is 0 Å². The average Bonchev–Trinajstić information content (AvgIpc) is 2.92. The summed E-state index contributed by atoms with van der Waals surface area (Å²) < 4.78 is 5.22. The van der Waals surface area contributed by atoms with Crippen LogP contribution < -0.4 is 0 Å². The summed E-state index contributed by atoms with van der Waals surface area (Å²) in [5, 5.41) is 10.0. The number of nitrogens with zero attached hydrogens (tertiary/aromatic N) is 1. The molecule has 2 fully saturated rings. The SMILES string of the molecule is COC1(C(=O)N2CC(O)(C(C)C)C2)CC1. The largest absolute Gasteiger partial charge is 0.386 e. The summed E-state index contributed by atoms with van der Waals surface area (Å²) in [6.07, 6.45) is 1.64. The van der Waals surface area contributed by atoms with Crippen LogP contribution in [0, 0.1) is 5.92 Å². The Hall–Kier alpha value is -0.610. The summed E-state index contributed by atoms with van der Waals surface area (Å²) in [6, 6.07) is 0. The van der Waals surface area contributed by atoms with E-state index in [0.29, 0.717) is 13.1 Å². The number of rotatable bonds is 3. The molecule has 1 aliphatic heterocycles. The molecule has 2 rings (SSSR count). The molecule has 0 spiro atoms. The fourth-order valence-corrected chi connectivity index (χ4v) is 2.03. The lowest BCUT2D eigenvalue weighted by Crippen LogP contribution is -2.67. The van der Waals surface area contributed by atoms with Gasteiger partial charge in [-0.3, -0.25) is 4.79 Å². The van der Waals surface area contributed by atoms with Gasteiger partial charge in [0.2, 0.25) is 0 Å². The normalized spacial score (nSPS) is 26.3. The van der Waals surface area contributed by atoms with E-state index in [1.807, 2.05) is 13.8 Å². The molecule has 0 atom stereocenters. The number of hydrogen-bond acceptors (Lipinski definition) is 3. The van der Waals surface area contributed by atoms with Crippen LogP contribution in [0.3, 0.4) is 0 Å². The molecule has 0 radical (unpaired) electrons. The maximum atomic E-state index is 11.9. The topological polar surface area (TPSA) is 49.8 Å². The van der Waals surface area contributed by atoms with Crippen LogP contribution >= 0.6 is 0 Å². The molecule has 4 heteroatoms. The number of β-amino-alcohol motifs (C(OH)–C–C–N with tert-alkyl or cyclic N) is 1. The molecule has 4 nitrogen and oxygen atoms in total. The second-order valence-electron chi connectivity index (χ2n) is 5.12. The lowest BCUT2D eigenvalue weighted by atomic mass is 9.82. The number of amides is 1. The molecule has 0 aromatic heterocycles. The van der Waals surface area contributed by atoms with E-state index < -0.39 is 11.2 Å². The summed E-state index contributed by atoms with van der Waals surface area (Å²) in [5.74, 6) is 0.245. The summed E-state index contributed by atoms with van der Waals surface area (Å²) in [6.45, 7) is 4.86. The highest BCUT2D eigenvalue weighted by Crippen LogP contribution is 2.43. The van der Waals surface area contributed by atoms with Crippen molar-refractivity contribution < 1.29 is 14.6 Å². The molecule has 1 aliphatic carbocycles. The van der Waals surface area contributed by atoms with Crippen molar-refractivity contribution in [1.82, 2.24) is 4.90 Å². The van der Waals surface area contributed by atoms with E-state index in [9.17, 15) is 9.90 Å². The third-order valence-corrected chi connectivity index (χ3v) is 3.78. The lowest BCUT2D eigenvalue weighted by molar-refractivity contribution is -0.175. The van der Waals surface area contributed by atoms with Gasteiger partial charge in [0, 0.05) is 7.11 Å². The minimum atomic E-state index is -0.681. The van der Waals surface area contributed by atoms with Crippen molar-refractivity contribution in [3.05, 3.63) is 0 Å². The third kappa shape index (κ3) is 1.56. The Kier molecular flexibility index (Phi) is 2.32. The van der Waals surface area contributed by atoms with Crippen molar-refractivity contribution in [3.63, 3.8) is 0 Å². The zero-order valence-corrected chi connectivity index (χ0v) is 9.62. The average molecular weight is 213 g/mol. The monoisotopic (exact) mass is 213 g/mol. The fraction of sp³-hybridized carbons (Fsp3) is 0.909. The Balaban J connectivity index is 1.92. The maximum absolute atomic E-state index is 11.9. The number of methoxy groups -OCH3 is 1. The van der Waals surface area contributed by atoms with Gasteiger partial charge in [0.25, 0.3) is 5.91 Å². The zero-order valence-electron chi connectivity index (χ0n) is 9.62. The Morgan fingerprint density at radius 1 is 1.40 bits per heavy atom. The molecule has 1 saturated heterocycles. The van der Waals surface area contributed by atoms with Crippen molar-refractivity contribution in [2.45, 2.75) is 37.9 Å². The van der Waals surface area contributed by atoms with E-state index in [-0.39, 0.29) is 11.8 Å². The minimum Gasteiger partial charge on any atom is -0.386 e. The highest BCUT2D eigenvalue weighted by Gasteiger charge is 2.57. The minimum absolute atomic E-state index is 0.0512. The van der Waals surface area contributed by atoms with Gasteiger partial charge in [-0.25, -0.2) is 0 Å². The molecule has 1 amide bonds. The van der Waals surface area contributed by atoms with Crippen molar-refractivity contribution >= 4 is 5.91 Å². The number of hydrogen-bond donors (Lipinski definition) is 1. The highest BCUT2D eigenvalue weighted by molar-refractivity contribution is 5.89. The Morgan fingerprint density at radius 3 is 2.27 bits per heavy atom. The Morgan fingerprint density at radius 2 is 1.93 bits per heavy atom. The smallest absolute Gasteiger partial charge is 0.255 e. The molecule has 15 heavy (non-hydrogen) atoms. The summed E-state index contributed by atoms with van der Waals surface area (Å²) in [4.78, 5) is 13.6. The quantitative estimate of drug-likeness (QED) is 0.738. The molecule has 86 valence electrons. The van der Waals surface area contributed by atoms with E-state index in [1.54, 1.807) is 12.0 Å². The van der Waals surface area contributed by atoms with Gasteiger partial charge in [0.15, 0.2) is 0 Å². The molecule has 1 saturated carbocycles. The molecule has 1 heterocycles. The summed E-state index contributed by atoms with van der Waals surface area (Å²) in [7, 11) is 1.58. The van der Waals surface area contributed by atoms with Crippen LogP contribution in [0.25, 0.3) is 0 Å². The van der Waals surface area contributed by atoms with Gasteiger partial charge in [-0.2, -0.15) is 0 Å². The van der Waals surface area contributed by atoms with Crippen molar-refractivity contribution in [3.8, 4) is 0 Å². The van der Waals surface area contributed by atoms with Gasteiger partial charge in [0.1, 0.15) is 11.2 Å². The predicted octanol–water partition coefficient (Wildman–Crippen LogP) is 0.395. The van der Waals surface area contributed by atoms with E-state index in [1.165, 1.54) is 0 Å². The fourth-order valence-electron chi connectivity index (χ4n) is 2.03. The molecular weight excluding hydrogens is 194 g/mol. The van der Waals surface area contributed by atoms with Crippen LogP contribution in [0.2, 0.25) is 0 Å².